The molecule has 6 nitrogen and oxygen atoms in total. The summed E-state index contributed by atoms with van der Waals surface area (Å²) in [4.78, 5) is 13.1. The van der Waals surface area contributed by atoms with E-state index in [4.69, 9.17) is 9.84 Å². The molecule has 202 valence electrons. The van der Waals surface area contributed by atoms with Crippen LogP contribution in [0.1, 0.15) is 29.7 Å². The molecule has 1 heterocycles. The molecule has 1 aromatic heterocycles. The van der Waals surface area contributed by atoms with Crippen LogP contribution in [0, 0.1) is 17.1 Å². The van der Waals surface area contributed by atoms with Crippen LogP contribution in [0.3, 0.4) is 0 Å². The first-order valence-electron chi connectivity index (χ1n) is 13.1. The molecule has 0 saturated carbocycles. The van der Waals surface area contributed by atoms with Crippen LogP contribution in [0.25, 0.3) is 23.0 Å². The first kappa shape index (κ1) is 27.1. The SMILES string of the molecule is C[C@@H](NC(=O)/C(C#N)=C/c1cn(-c2ccccc2)nc1-c1ccc(OCc2ccccc2F)cc1)c1ccccc1. The number of nitriles is 1. The quantitative estimate of drug-likeness (QED) is 0.160. The normalized spacial score (nSPS) is 11.9. The predicted molar refractivity (Wildman–Crippen MR) is 156 cm³/mol. The molecule has 5 rings (SSSR count). The van der Waals surface area contributed by atoms with Gasteiger partial charge in [-0.3, -0.25) is 4.79 Å². The lowest BCUT2D eigenvalue weighted by atomic mass is 10.0. The minimum Gasteiger partial charge on any atom is -0.489 e. The summed E-state index contributed by atoms with van der Waals surface area (Å²) in [6, 6.07) is 34.6. The van der Waals surface area contributed by atoms with Crippen LogP contribution in [0.4, 0.5) is 4.39 Å². The van der Waals surface area contributed by atoms with E-state index >= 15 is 0 Å². The average molecular weight is 543 g/mol. The van der Waals surface area contributed by atoms with Crippen LogP contribution in [0.2, 0.25) is 0 Å². The van der Waals surface area contributed by atoms with Crippen LogP contribution >= 0.6 is 0 Å². The number of nitrogens with zero attached hydrogens (tertiary/aromatic N) is 3. The molecule has 0 aliphatic heterocycles. The second-order valence-electron chi connectivity index (χ2n) is 9.39. The maximum atomic E-state index is 14.0. The van der Waals surface area contributed by atoms with Crippen molar-refractivity contribution in [3.63, 3.8) is 0 Å². The first-order valence-corrected chi connectivity index (χ1v) is 13.1. The fourth-order valence-electron chi connectivity index (χ4n) is 4.32. The lowest BCUT2D eigenvalue weighted by Crippen LogP contribution is -2.27. The molecule has 1 N–H and O–H groups in total. The van der Waals surface area contributed by atoms with Gasteiger partial charge in [0.1, 0.15) is 29.8 Å². The summed E-state index contributed by atoms with van der Waals surface area (Å²) in [5, 5.41) is 17.6. The van der Waals surface area contributed by atoms with Gasteiger partial charge in [0, 0.05) is 22.9 Å². The smallest absolute Gasteiger partial charge is 0.262 e. The Hall–Kier alpha value is -5.48. The Morgan fingerprint density at radius 1 is 0.976 bits per heavy atom. The van der Waals surface area contributed by atoms with Crippen molar-refractivity contribution in [3.8, 4) is 28.8 Å². The number of halogens is 1. The lowest BCUT2D eigenvalue weighted by molar-refractivity contribution is -0.117. The van der Waals surface area contributed by atoms with Crippen LogP contribution in [0.15, 0.2) is 121 Å². The maximum absolute atomic E-state index is 14.0. The Bertz CT molecular complexity index is 1710. The number of amides is 1. The molecule has 1 amide bonds. The Morgan fingerprint density at radius 2 is 1.63 bits per heavy atom. The van der Waals surface area contributed by atoms with Gasteiger partial charge in [0.25, 0.3) is 5.91 Å². The van der Waals surface area contributed by atoms with Crippen molar-refractivity contribution in [1.82, 2.24) is 15.1 Å². The number of rotatable bonds is 9. The van der Waals surface area contributed by atoms with Crippen LogP contribution < -0.4 is 10.1 Å². The molecule has 0 aliphatic carbocycles. The van der Waals surface area contributed by atoms with Crippen molar-refractivity contribution >= 4 is 12.0 Å². The molecule has 0 aliphatic rings. The molecule has 7 heteroatoms. The van der Waals surface area contributed by atoms with E-state index in [1.165, 1.54) is 6.07 Å². The number of carbonyl (C=O) groups is 1. The average Bonchev–Trinajstić information content (AvgIpc) is 3.44. The van der Waals surface area contributed by atoms with E-state index in [2.05, 4.69) is 5.32 Å². The molecule has 1 atom stereocenters. The van der Waals surface area contributed by atoms with E-state index < -0.39 is 5.91 Å². The van der Waals surface area contributed by atoms with Crippen molar-refractivity contribution in [2.24, 2.45) is 0 Å². The highest BCUT2D eigenvalue weighted by Crippen LogP contribution is 2.28. The molecule has 0 bridgehead atoms. The molecule has 4 aromatic carbocycles. The predicted octanol–water partition coefficient (Wildman–Crippen LogP) is 7.04. The van der Waals surface area contributed by atoms with Gasteiger partial charge in [-0.05, 0) is 61.0 Å². The molecular weight excluding hydrogens is 515 g/mol. The van der Waals surface area contributed by atoms with Crippen molar-refractivity contribution in [2.45, 2.75) is 19.6 Å². The Kier molecular flexibility index (Phi) is 8.32. The molecule has 0 saturated heterocycles. The largest absolute Gasteiger partial charge is 0.489 e. The second kappa shape index (κ2) is 12.6. The molecule has 0 radical (unpaired) electrons. The summed E-state index contributed by atoms with van der Waals surface area (Å²) in [6.07, 6.45) is 3.34. The third kappa shape index (κ3) is 6.57. The minimum atomic E-state index is -0.473. The van der Waals surface area contributed by atoms with Crippen molar-refractivity contribution in [1.29, 1.82) is 5.26 Å². The zero-order valence-electron chi connectivity index (χ0n) is 22.4. The topological polar surface area (TPSA) is 79.9 Å². The van der Waals surface area contributed by atoms with Gasteiger partial charge in [0.05, 0.1) is 17.4 Å². The van der Waals surface area contributed by atoms with E-state index in [1.54, 1.807) is 47.3 Å². The monoisotopic (exact) mass is 542 g/mol. The zero-order valence-corrected chi connectivity index (χ0v) is 22.4. The number of hydrogen-bond acceptors (Lipinski definition) is 4. The number of ether oxygens (including phenoxy) is 1. The number of hydrogen-bond donors (Lipinski definition) is 1. The maximum Gasteiger partial charge on any atom is 0.262 e. The van der Waals surface area contributed by atoms with Crippen LogP contribution in [-0.4, -0.2) is 15.7 Å². The van der Waals surface area contributed by atoms with Crippen molar-refractivity contribution in [3.05, 3.63) is 143 Å². The number of para-hydroxylation sites is 1. The molecule has 0 fully saturated rings. The molecule has 0 unspecified atom stereocenters. The van der Waals surface area contributed by atoms with Gasteiger partial charge < -0.3 is 10.1 Å². The van der Waals surface area contributed by atoms with E-state index in [0.29, 0.717) is 22.6 Å². The van der Waals surface area contributed by atoms with E-state index in [9.17, 15) is 14.4 Å². The molecule has 0 spiro atoms. The van der Waals surface area contributed by atoms with Gasteiger partial charge in [-0.15, -0.1) is 0 Å². The van der Waals surface area contributed by atoms with E-state index in [1.807, 2.05) is 85.8 Å². The molecule has 41 heavy (non-hydrogen) atoms. The summed E-state index contributed by atoms with van der Waals surface area (Å²) in [5.74, 6) is -0.217. The minimum absolute atomic E-state index is 0.0357. The van der Waals surface area contributed by atoms with Gasteiger partial charge in [0.15, 0.2) is 0 Å². The summed E-state index contributed by atoms with van der Waals surface area (Å²) in [5.41, 5.74) is 4.16. The summed E-state index contributed by atoms with van der Waals surface area (Å²) in [6.45, 7) is 1.97. The standard InChI is InChI=1S/C34H27FN4O2/c1-24(25-10-4-2-5-11-25)37-34(40)28(21-36)20-29-22-39(30-13-6-3-7-14-30)38-33(29)26-16-18-31(19-17-26)41-23-27-12-8-9-15-32(27)35/h2-20,22,24H,23H2,1H3,(H,37,40)/b28-20+/t24-/m1/s1. The summed E-state index contributed by atoms with van der Waals surface area (Å²) >= 11 is 0. The third-order valence-corrected chi connectivity index (χ3v) is 6.56. The van der Waals surface area contributed by atoms with E-state index in [0.717, 1.165) is 16.8 Å². The Balaban J connectivity index is 1.43. The molecule has 5 aromatic rings. The Labute approximate surface area is 238 Å². The second-order valence-corrected chi connectivity index (χ2v) is 9.39. The fourth-order valence-corrected chi connectivity index (χ4v) is 4.32. The van der Waals surface area contributed by atoms with Gasteiger partial charge in [0.2, 0.25) is 0 Å². The van der Waals surface area contributed by atoms with E-state index in [-0.39, 0.29) is 24.0 Å². The number of aromatic nitrogens is 2. The van der Waals surface area contributed by atoms with Gasteiger partial charge in [-0.25, -0.2) is 9.07 Å². The molecular formula is C34H27FN4O2. The number of nitrogens with one attached hydrogen (secondary N) is 1. The van der Waals surface area contributed by atoms with Crippen molar-refractivity contribution in [2.75, 3.05) is 0 Å². The number of carbonyl (C=O) groups excluding carboxylic acids is 1. The highest BCUT2D eigenvalue weighted by molar-refractivity contribution is 6.02. The lowest BCUT2D eigenvalue weighted by Gasteiger charge is -2.13. The fraction of sp³-hybridized carbons (Fsp3) is 0.0882. The zero-order chi connectivity index (χ0) is 28.6. The highest BCUT2D eigenvalue weighted by atomic mass is 19.1. The van der Waals surface area contributed by atoms with Crippen LogP contribution in [0.5, 0.6) is 5.75 Å². The summed E-state index contributed by atoms with van der Waals surface area (Å²) in [7, 11) is 0. The first-order chi connectivity index (χ1) is 20.0. The van der Waals surface area contributed by atoms with Crippen molar-refractivity contribution < 1.29 is 13.9 Å². The van der Waals surface area contributed by atoms with Gasteiger partial charge in [-0.2, -0.15) is 10.4 Å². The van der Waals surface area contributed by atoms with Crippen LogP contribution in [-0.2, 0) is 11.4 Å². The summed E-state index contributed by atoms with van der Waals surface area (Å²) < 4.78 is 21.5. The van der Waals surface area contributed by atoms with Gasteiger partial charge in [-0.1, -0.05) is 66.7 Å². The third-order valence-electron chi connectivity index (χ3n) is 6.56. The van der Waals surface area contributed by atoms with Gasteiger partial charge >= 0.3 is 0 Å². The Morgan fingerprint density at radius 3 is 2.32 bits per heavy atom. The number of benzene rings is 4. The highest BCUT2D eigenvalue weighted by Gasteiger charge is 2.17.